The van der Waals surface area contributed by atoms with E-state index in [1.54, 1.807) is 7.05 Å². The van der Waals surface area contributed by atoms with Crippen molar-refractivity contribution < 1.29 is 9.59 Å². The maximum atomic E-state index is 11.8. The lowest BCUT2D eigenvalue weighted by atomic mass is 10.1. The number of nitrogens with one attached hydrogen (secondary N) is 1. The van der Waals surface area contributed by atoms with Crippen LogP contribution in [-0.2, 0) is 9.59 Å². The molecule has 0 saturated carbocycles. The highest BCUT2D eigenvalue weighted by Crippen LogP contribution is 2.15. The molecule has 8 heteroatoms. The topological polar surface area (TPSA) is 68.2 Å². The maximum Gasteiger partial charge on any atom is 0.229 e. The van der Waals surface area contributed by atoms with Crippen molar-refractivity contribution in [3.8, 4) is 0 Å². The van der Waals surface area contributed by atoms with Crippen LogP contribution in [0.15, 0.2) is 4.99 Å². The number of likely N-dealkylation sites (N-methyl/N-ethyl adjacent to an activating group) is 1. The van der Waals surface area contributed by atoms with Crippen LogP contribution in [0.2, 0.25) is 0 Å². The van der Waals surface area contributed by atoms with E-state index in [1.165, 1.54) is 4.90 Å². The molecule has 0 aromatic rings. The first-order valence-corrected chi connectivity index (χ1v) is 9.13. The molecule has 144 valence electrons. The summed E-state index contributed by atoms with van der Waals surface area (Å²) in [6.07, 6.45) is 2.80. The second kappa shape index (κ2) is 10.9. The number of halogens is 1. The van der Waals surface area contributed by atoms with Crippen molar-refractivity contribution in [1.82, 2.24) is 20.0 Å². The van der Waals surface area contributed by atoms with Crippen LogP contribution in [0, 0.1) is 0 Å². The molecular formula is C17H32IN5O2. The van der Waals surface area contributed by atoms with Crippen molar-refractivity contribution in [2.45, 2.75) is 45.6 Å². The number of guanidine groups is 1. The zero-order chi connectivity index (χ0) is 17.5. The minimum absolute atomic E-state index is 0. The number of aliphatic imine (C=N–C) groups is 1. The summed E-state index contributed by atoms with van der Waals surface area (Å²) in [5.74, 6) is 0.762. The van der Waals surface area contributed by atoms with E-state index in [2.05, 4.69) is 34.0 Å². The molecule has 2 aliphatic rings. The lowest BCUT2D eigenvalue weighted by Gasteiger charge is -2.28. The Hall–Kier alpha value is -0.900. The lowest BCUT2D eigenvalue weighted by Crippen LogP contribution is -2.47. The largest absolute Gasteiger partial charge is 0.354 e. The molecule has 2 aliphatic heterocycles. The Kier molecular flexibility index (Phi) is 9.70. The van der Waals surface area contributed by atoms with Gasteiger partial charge in [-0.05, 0) is 25.9 Å². The van der Waals surface area contributed by atoms with Gasteiger partial charge in [-0.1, -0.05) is 13.8 Å². The number of likely N-dealkylation sites (tertiary alicyclic amines) is 2. The molecule has 1 unspecified atom stereocenters. The molecule has 0 aromatic heterocycles. The Morgan fingerprint density at radius 3 is 2.44 bits per heavy atom. The van der Waals surface area contributed by atoms with Gasteiger partial charge in [0.2, 0.25) is 11.8 Å². The van der Waals surface area contributed by atoms with Crippen molar-refractivity contribution in [3.63, 3.8) is 0 Å². The molecule has 0 spiro atoms. The summed E-state index contributed by atoms with van der Waals surface area (Å²) in [5, 5.41) is 3.31. The highest BCUT2D eigenvalue weighted by Gasteiger charge is 2.29. The van der Waals surface area contributed by atoms with Crippen LogP contribution in [0.1, 0.15) is 39.5 Å². The van der Waals surface area contributed by atoms with Gasteiger partial charge in [-0.25, -0.2) is 0 Å². The van der Waals surface area contributed by atoms with Crippen LogP contribution in [0.25, 0.3) is 0 Å². The average molecular weight is 465 g/mol. The standard InChI is InChI=1S/C17H31N5O2.HI/c1-4-20(5-2)14-9-11-21(13-14)17(18-3)19-10-12-22-15(23)7-6-8-16(22)24;/h14H,4-13H2,1-3H3,(H,18,19);1H. The molecular weight excluding hydrogens is 433 g/mol. The van der Waals surface area contributed by atoms with E-state index in [-0.39, 0.29) is 35.8 Å². The van der Waals surface area contributed by atoms with E-state index in [0.29, 0.717) is 38.4 Å². The Morgan fingerprint density at radius 1 is 1.24 bits per heavy atom. The van der Waals surface area contributed by atoms with Crippen molar-refractivity contribution in [2.24, 2.45) is 4.99 Å². The highest BCUT2D eigenvalue weighted by molar-refractivity contribution is 14.0. The van der Waals surface area contributed by atoms with E-state index in [9.17, 15) is 9.59 Å². The Bertz CT molecular complexity index is 466. The molecule has 1 atom stereocenters. The van der Waals surface area contributed by atoms with Crippen LogP contribution in [0.3, 0.4) is 0 Å². The molecule has 0 bridgehead atoms. The summed E-state index contributed by atoms with van der Waals surface area (Å²) in [6, 6.07) is 0.573. The number of imide groups is 1. The monoisotopic (exact) mass is 465 g/mol. The third-order valence-corrected chi connectivity index (χ3v) is 5.01. The number of carbonyl (C=O) groups excluding carboxylic acids is 2. The van der Waals surface area contributed by atoms with Crippen molar-refractivity contribution >= 4 is 41.8 Å². The fourth-order valence-electron chi connectivity index (χ4n) is 3.63. The molecule has 0 aromatic carbocycles. The molecule has 2 rings (SSSR count). The Labute approximate surface area is 168 Å². The number of hydrogen-bond donors (Lipinski definition) is 1. The third-order valence-electron chi connectivity index (χ3n) is 5.01. The quantitative estimate of drug-likeness (QED) is 0.276. The van der Waals surface area contributed by atoms with Gasteiger partial charge in [-0.3, -0.25) is 24.4 Å². The normalized spacial score (nSPS) is 21.8. The summed E-state index contributed by atoms with van der Waals surface area (Å²) < 4.78 is 0. The van der Waals surface area contributed by atoms with Gasteiger partial charge >= 0.3 is 0 Å². The van der Waals surface area contributed by atoms with Crippen LogP contribution in [0.5, 0.6) is 0 Å². The maximum absolute atomic E-state index is 11.8. The van der Waals surface area contributed by atoms with Crippen LogP contribution in [0.4, 0.5) is 0 Å². The summed E-state index contributed by atoms with van der Waals surface area (Å²) in [4.78, 5) is 34.1. The van der Waals surface area contributed by atoms with Crippen LogP contribution < -0.4 is 5.32 Å². The molecule has 0 aliphatic carbocycles. The number of piperidine rings is 1. The number of nitrogens with zero attached hydrogens (tertiary/aromatic N) is 4. The van der Waals surface area contributed by atoms with E-state index < -0.39 is 0 Å². The van der Waals surface area contributed by atoms with Gasteiger partial charge in [0, 0.05) is 52.1 Å². The van der Waals surface area contributed by atoms with E-state index in [4.69, 9.17) is 0 Å². The van der Waals surface area contributed by atoms with Crippen molar-refractivity contribution in [3.05, 3.63) is 0 Å². The third kappa shape index (κ3) is 5.80. The molecule has 2 saturated heterocycles. The average Bonchev–Trinajstić information content (AvgIpc) is 3.05. The van der Waals surface area contributed by atoms with Gasteiger partial charge in [0.05, 0.1) is 0 Å². The number of rotatable bonds is 6. The molecule has 2 amide bonds. The highest BCUT2D eigenvalue weighted by atomic mass is 127. The van der Waals surface area contributed by atoms with Crippen molar-refractivity contribution in [1.29, 1.82) is 0 Å². The summed E-state index contributed by atoms with van der Waals surface area (Å²) >= 11 is 0. The summed E-state index contributed by atoms with van der Waals surface area (Å²) in [5.41, 5.74) is 0. The minimum atomic E-state index is -0.0502. The number of amides is 2. The Morgan fingerprint density at radius 2 is 1.88 bits per heavy atom. The summed E-state index contributed by atoms with van der Waals surface area (Å²) in [6.45, 7) is 9.48. The first-order valence-electron chi connectivity index (χ1n) is 9.13. The second-order valence-electron chi connectivity index (χ2n) is 6.38. The van der Waals surface area contributed by atoms with Gasteiger partial charge in [0.15, 0.2) is 5.96 Å². The molecule has 2 heterocycles. The zero-order valence-corrected chi connectivity index (χ0v) is 18.0. The molecule has 25 heavy (non-hydrogen) atoms. The Balaban J connectivity index is 0.00000312. The van der Waals surface area contributed by atoms with Crippen molar-refractivity contribution in [2.75, 3.05) is 46.3 Å². The summed E-state index contributed by atoms with van der Waals surface area (Å²) in [7, 11) is 1.78. The lowest BCUT2D eigenvalue weighted by molar-refractivity contribution is -0.147. The smallest absolute Gasteiger partial charge is 0.229 e. The molecule has 7 nitrogen and oxygen atoms in total. The fraction of sp³-hybridized carbons (Fsp3) is 0.824. The minimum Gasteiger partial charge on any atom is -0.354 e. The molecule has 1 N–H and O–H groups in total. The predicted octanol–water partition coefficient (Wildman–Crippen LogP) is 1.13. The van der Waals surface area contributed by atoms with E-state index in [1.807, 2.05) is 0 Å². The predicted molar refractivity (Wildman–Crippen MR) is 110 cm³/mol. The fourth-order valence-corrected chi connectivity index (χ4v) is 3.63. The molecule has 2 fully saturated rings. The van der Waals surface area contributed by atoms with Crippen LogP contribution >= 0.6 is 24.0 Å². The zero-order valence-electron chi connectivity index (χ0n) is 15.7. The number of carbonyl (C=O) groups is 2. The van der Waals surface area contributed by atoms with Gasteiger partial charge in [0.1, 0.15) is 0 Å². The van der Waals surface area contributed by atoms with Gasteiger partial charge < -0.3 is 10.2 Å². The number of hydrogen-bond acceptors (Lipinski definition) is 4. The SMILES string of the molecule is CCN(CC)C1CCN(C(=NC)NCCN2C(=O)CCCC2=O)C1.I. The second-order valence-corrected chi connectivity index (χ2v) is 6.38. The van der Waals surface area contributed by atoms with Crippen LogP contribution in [-0.4, -0.2) is 84.8 Å². The molecule has 0 radical (unpaired) electrons. The van der Waals surface area contributed by atoms with Gasteiger partial charge in [-0.15, -0.1) is 24.0 Å². The van der Waals surface area contributed by atoms with E-state index >= 15 is 0 Å². The van der Waals surface area contributed by atoms with E-state index in [0.717, 1.165) is 38.6 Å². The van der Waals surface area contributed by atoms with Gasteiger partial charge in [0.25, 0.3) is 0 Å². The van der Waals surface area contributed by atoms with Gasteiger partial charge in [-0.2, -0.15) is 0 Å². The first kappa shape index (κ1) is 22.1. The first-order chi connectivity index (χ1) is 11.6.